The third-order valence-electron chi connectivity index (χ3n) is 3.86. The summed E-state index contributed by atoms with van der Waals surface area (Å²) < 4.78 is 18.2. The van der Waals surface area contributed by atoms with Crippen LogP contribution in [-0.2, 0) is 0 Å². The number of H-pyrrole nitrogens is 1. The predicted octanol–water partition coefficient (Wildman–Crippen LogP) is 3.01. The van der Waals surface area contributed by atoms with Crippen LogP contribution in [0.4, 0.5) is 4.39 Å². The van der Waals surface area contributed by atoms with Crippen molar-refractivity contribution in [3.05, 3.63) is 42.5 Å². The van der Waals surface area contributed by atoms with E-state index in [0.717, 1.165) is 27.6 Å². The molecule has 0 saturated heterocycles. The fourth-order valence-electron chi connectivity index (χ4n) is 2.63. The largest absolute Gasteiger partial charge is 0.490 e. The zero-order chi connectivity index (χ0) is 16.2. The maximum absolute atomic E-state index is 12.4. The van der Waals surface area contributed by atoms with E-state index < -0.39 is 12.8 Å². The Bertz CT molecular complexity index is 787. The van der Waals surface area contributed by atoms with Crippen molar-refractivity contribution < 1.29 is 14.2 Å². The van der Waals surface area contributed by atoms with E-state index in [-0.39, 0.29) is 12.6 Å². The van der Waals surface area contributed by atoms with Crippen molar-refractivity contribution in [2.75, 3.05) is 19.8 Å². The molecule has 0 aliphatic carbocycles. The van der Waals surface area contributed by atoms with E-state index in [9.17, 15) is 9.50 Å². The van der Waals surface area contributed by atoms with Crippen molar-refractivity contribution in [2.45, 2.75) is 19.1 Å². The molecule has 2 atom stereocenters. The average molecular weight is 316 g/mol. The molecule has 4 nitrogen and oxygen atoms in total. The highest BCUT2D eigenvalue weighted by Crippen LogP contribution is 2.32. The molecular formula is C18H21FN2O2. The molecule has 0 aliphatic rings. The quantitative estimate of drug-likeness (QED) is 0.628. The normalized spacial score (nSPS) is 14.2. The third-order valence-corrected chi connectivity index (χ3v) is 3.86. The SMILES string of the molecule is CC(CF)NC[C@@H](O)COc1cccc2[nH]c3ccccc3c12. The van der Waals surface area contributed by atoms with Gasteiger partial charge in [0, 0.05) is 28.9 Å². The molecule has 122 valence electrons. The van der Waals surface area contributed by atoms with Crippen LogP contribution in [0.15, 0.2) is 42.5 Å². The highest BCUT2D eigenvalue weighted by atomic mass is 19.1. The van der Waals surface area contributed by atoms with Gasteiger partial charge < -0.3 is 20.1 Å². The number of aliphatic hydroxyl groups is 1. The second-order valence-electron chi connectivity index (χ2n) is 5.78. The number of para-hydroxylation sites is 1. The van der Waals surface area contributed by atoms with Crippen LogP contribution in [0, 0.1) is 0 Å². The van der Waals surface area contributed by atoms with Gasteiger partial charge in [-0.05, 0) is 25.1 Å². The summed E-state index contributed by atoms with van der Waals surface area (Å²) in [5.74, 6) is 0.734. The van der Waals surface area contributed by atoms with Gasteiger partial charge in [0.1, 0.15) is 25.1 Å². The average Bonchev–Trinajstić information content (AvgIpc) is 2.96. The molecule has 0 saturated carbocycles. The first kappa shape index (κ1) is 15.8. The standard InChI is InChI=1S/C18H21FN2O2/c1-12(9-19)20-10-13(22)11-23-17-8-4-7-16-18(17)14-5-2-3-6-15(14)21-16/h2-8,12-13,20-22H,9-11H2,1H3/t12?,13-/m1/s1. The molecule has 0 amide bonds. The first-order valence-electron chi connectivity index (χ1n) is 7.78. The van der Waals surface area contributed by atoms with Gasteiger partial charge in [0.25, 0.3) is 0 Å². The highest BCUT2D eigenvalue weighted by molar-refractivity contribution is 6.10. The third kappa shape index (κ3) is 3.46. The van der Waals surface area contributed by atoms with Gasteiger partial charge in [0.05, 0.1) is 5.52 Å². The fourth-order valence-corrected chi connectivity index (χ4v) is 2.63. The number of ether oxygens (including phenoxy) is 1. The molecule has 1 aromatic heterocycles. The molecule has 3 rings (SSSR count). The first-order chi connectivity index (χ1) is 11.2. The number of nitrogens with one attached hydrogen (secondary N) is 2. The summed E-state index contributed by atoms with van der Waals surface area (Å²) >= 11 is 0. The molecule has 0 aliphatic heterocycles. The number of fused-ring (bicyclic) bond motifs is 3. The van der Waals surface area contributed by atoms with Gasteiger partial charge in [-0.25, -0.2) is 4.39 Å². The smallest absolute Gasteiger partial charge is 0.129 e. The maximum Gasteiger partial charge on any atom is 0.129 e. The monoisotopic (exact) mass is 316 g/mol. The molecule has 3 N–H and O–H groups in total. The van der Waals surface area contributed by atoms with Crippen LogP contribution in [0.3, 0.4) is 0 Å². The molecule has 1 unspecified atom stereocenters. The van der Waals surface area contributed by atoms with Gasteiger partial charge >= 0.3 is 0 Å². The van der Waals surface area contributed by atoms with E-state index in [1.54, 1.807) is 6.92 Å². The molecular weight excluding hydrogens is 295 g/mol. The predicted molar refractivity (Wildman–Crippen MR) is 90.7 cm³/mol. The molecule has 0 fully saturated rings. The highest BCUT2D eigenvalue weighted by Gasteiger charge is 2.12. The van der Waals surface area contributed by atoms with Gasteiger partial charge in [-0.3, -0.25) is 0 Å². The number of alkyl halides is 1. The van der Waals surface area contributed by atoms with E-state index in [4.69, 9.17) is 4.74 Å². The van der Waals surface area contributed by atoms with Crippen LogP contribution < -0.4 is 10.1 Å². The Kier molecular flexibility index (Phi) is 4.79. The molecule has 0 radical (unpaired) electrons. The zero-order valence-corrected chi connectivity index (χ0v) is 13.1. The topological polar surface area (TPSA) is 57.3 Å². The molecule has 1 heterocycles. The van der Waals surface area contributed by atoms with E-state index in [2.05, 4.69) is 10.3 Å². The van der Waals surface area contributed by atoms with Crippen molar-refractivity contribution in [1.82, 2.24) is 10.3 Å². The number of rotatable bonds is 7. The maximum atomic E-state index is 12.4. The summed E-state index contributed by atoms with van der Waals surface area (Å²) in [6, 6.07) is 13.6. The zero-order valence-electron chi connectivity index (χ0n) is 13.1. The lowest BCUT2D eigenvalue weighted by molar-refractivity contribution is 0.104. The number of aromatic amines is 1. The van der Waals surface area contributed by atoms with Crippen molar-refractivity contribution in [3.63, 3.8) is 0 Å². The van der Waals surface area contributed by atoms with Crippen LogP contribution in [0.2, 0.25) is 0 Å². The molecule has 2 aromatic carbocycles. The van der Waals surface area contributed by atoms with E-state index in [1.807, 2.05) is 42.5 Å². The molecule has 0 bridgehead atoms. The van der Waals surface area contributed by atoms with Gasteiger partial charge in [-0.2, -0.15) is 0 Å². The number of halogens is 1. The van der Waals surface area contributed by atoms with Crippen LogP contribution in [0.25, 0.3) is 21.8 Å². The van der Waals surface area contributed by atoms with Gasteiger partial charge in [-0.15, -0.1) is 0 Å². The Balaban J connectivity index is 1.75. The number of benzene rings is 2. The Morgan fingerprint density at radius 1 is 1.17 bits per heavy atom. The van der Waals surface area contributed by atoms with Crippen LogP contribution in [0.5, 0.6) is 5.75 Å². The summed E-state index contributed by atoms with van der Waals surface area (Å²) in [6.07, 6.45) is -0.690. The lowest BCUT2D eigenvalue weighted by atomic mass is 10.1. The molecule has 3 aromatic rings. The molecule has 23 heavy (non-hydrogen) atoms. The second kappa shape index (κ2) is 6.98. The van der Waals surface area contributed by atoms with Gasteiger partial charge in [0.15, 0.2) is 0 Å². The number of hydrogen-bond donors (Lipinski definition) is 3. The van der Waals surface area contributed by atoms with Crippen LogP contribution in [0.1, 0.15) is 6.92 Å². The lowest BCUT2D eigenvalue weighted by Crippen LogP contribution is -2.37. The Morgan fingerprint density at radius 3 is 2.78 bits per heavy atom. The van der Waals surface area contributed by atoms with E-state index in [0.29, 0.717) is 6.54 Å². The van der Waals surface area contributed by atoms with E-state index >= 15 is 0 Å². The van der Waals surface area contributed by atoms with Crippen molar-refractivity contribution in [3.8, 4) is 5.75 Å². The second-order valence-corrected chi connectivity index (χ2v) is 5.78. The Hall–Kier alpha value is -2.11. The molecule has 5 heteroatoms. The van der Waals surface area contributed by atoms with Crippen molar-refractivity contribution >= 4 is 21.8 Å². The number of aromatic nitrogens is 1. The minimum absolute atomic E-state index is 0.157. The molecule has 0 spiro atoms. The summed E-state index contributed by atoms with van der Waals surface area (Å²) in [6.45, 7) is 1.74. The summed E-state index contributed by atoms with van der Waals surface area (Å²) in [5, 5.41) is 15.0. The van der Waals surface area contributed by atoms with Crippen LogP contribution in [-0.4, -0.2) is 42.1 Å². The summed E-state index contributed by atoms with van der Waals surface area (Å²) in [5.41, 5.74) is 2.06. The Morgan fingerprint density at radius 2 is 1.96 bits per heavy atom. The van der Waals surface area contributed by atoms with Gasteiger partial charge in [0.2, 0.25) is 0 Å². The summed E-state index contributed by atoms with van der Waals surface area (Å²) in [7, 11) is 0. The number of hydrogen-bond acceptors (Lipinski definition) is 3. The minimum atomic E-state index is -0.690. The number of aliphatic hydroxyl groups excluding tert-OH is 1. The Labute approximate surface area is 134 Å². The van der Waals surface area contributed by atoms with E-state index in [1.165, 1.54) is 0 Å². The van der Waals surface area contributed by atoms with Crippen molar-refractivity contribution in [1.29, 1.82) is 0 Å². The lowest BCUT2D eigenvalue weighted by Gasteiger charge is -2.16. The van der Waals surface area contributed by atoms with Crippen LogP contribution >= 0.6 is 0 Å². The van der Waals surface area contributed by atoms with Gasteiger partial charge in [-0.1, -0.05) is 24.3 Å². The minimum Gasteiger partial charge on any atom is -0.490 e. The summed E-state index contributed by atoms with van der Waals surface area (Å²) in [4.78, 5) is 3.36. The fraction of sp³-hybridized carbons (Fsp3) is 0.333. The first-order valence-corrected chi connectivity index (χ1v) is 7.78. The van der Waals surface area contributed by atoms with Crippen molar-refractivity contribution in [2.24, 2.45) is 0 Å².